The third-order valence-electron chi connectivity index (χ3n) is 6.50. The van der Waals surface area contributed by atoms with Crippen molar-refractivity contribution < 1.29 is 26.7 Å². The summed E-state index contributed by atoms with van der Waals surface area (Å²) in [5.74, 6) is 1.99. The summed E-state index contributed by atoms with van der Waals surface area (Å²) < 4.78 is 51.9. The van der Waals surface area contributed by atoms with Crippen LogP contribution in [0.2, 0.25) is 0 Å². The lowest BCUT2D eigenvalue weighted by molar-refractivity contribution is 0.368. The van der Waals surface area contributed by atoms with Gasteiger partial charge in [-0.3, -0.25) is 4.79 Å². The lowest BCUT2D eigenvalue weighted by atomic mass is 10.1. The van der Waals surface area contributed by atoms with Crippen molar-refractivity contribution in [2.24, 2.45) is 7.05 Å². The van der Waals surface area contributed by atoms with E-state index in [0.29, 0.717) is 33.5 Å². The lowest BCUT2D eigenvalue weighted by Gasteiger charge is -2.36. The number of anilines is 2. The van der Waals surface area contributed by atoms with Crippen LogP contribution in [-0.2, 0) is 7.05 Å². The van der Waals surface area contributed by atoms with Gasteiger partial charge in [0.15, 0.2) is 4.98 Å². The summed E-state index contributed by atoms with van der Waals surface area (Å²) in [6.07, 6.45) is 1.79. The molecule has 2 aromatic carbocycles. The summed E-state index contributed by atoms with van der Waals surface area (Å²) in [6.45, 7) is 3.03. The lowest BCUT2D eigenvalue weighted by Crippen LogP contribution is -2.46. The van der Waals surface area contributed by atoms with Gasteiger partial charge < -0.3 is 41.1 Å². The fraction of sp³-hybridized carbons (Fsp3) is 0.280. The number of nitrogens with zero attached hydrogens (tertiary/aromatic N) is 6. The largest absolute Gasteiger partial charge is 0.673 e. The van der Waals surface area contributed by atoms with E-state index >= 15 is 0 Å². The van der Waals surface area contributed by atoms with Crippen LogP contribution >= 0.6 is 0 Å². The molecule has 204 valence electrons. The number of rotatable bonds is 4. The van der Waals surface area contributed by atoms with Crippen molar-refractivity contribution in [3.8, 4) is 11.5 Å². The molecule has 4 aromatic rings. The highest BCUT2D eigenvalue weighted by molar-refractivity contribution is 6.50. The zero-order valence-electron chi connectivity index (χ0n) is 21.4. The minimum Gasteiger partial charge on any atom is -0.497 e. The normalized spacial score (nSPS) is 13.6. The Labute approximate surface area is 220 Å². The Hall–Kier alpha value is -4.54. The molecular weight excluding hydrogens is 519 g/mol. The highest BCUT2D eigenvalue weighted by Gasteiger charge is 2.27. The number of piperazine rings is 1. The summed E-state index contributed by atoms with van der Waals surface area (Å²) in [5.41, 5.74) is 2.40. The Balaban J connectivity index is 0.000000648. The monoisotopic (exact) mass is 544 g/mol. The average molecular weight is 544 g/mol. The van der Waals surface area contributed by atoms with E-state index in [1.165, 1.54) is 7.11 Å². The van der Waals surface area contributed by atoms with Crippen molar-refractivity contribution >= 4 is 46.3 Å². The third kappa shape index (κ3) is 5.82. The molecule has 1 aliphatic rings. The number of pyridine rings is 2. The van der Waals surface area contributed by atoms with Crippen LogP contribution in [0.5, 0.6) is 11.5 Å². The Bertz CT molecular complexity index is 1590. The zero-order chi connectivity index (χ0) is 28.3. The number of diazo groups is 1. The van der Waals surface area contributed by atoms with E-state index in [1.54, 1.807) is 25.4 Å². The predicted molar refractivity (Wildman–Crippen MR) is 143 cm³/mol. The molecule has 2 aromatic heterocycles. The molecule has 39 heavy (non-hydrogen) atoms. The zero-order valence-corrected chi connectivity index (χ0v) is 21.4. The molecule has 0 amide bonds. The average Bonchev–Trinajstić information content (AvgIpc) is 2.94. The van der Waals surface area contributed by atoms with Crippen molar-refractivity contribution in [3.63, 3.8) is 0 Å². The number of fused-ring (bicyclic) bond motifs is 2. The van der Waals surface area contributed by atoms with E-state index in [2.05, 4.69) is 19.8 Å². The van der Waals surface area contributed by atoms with Gasteiger partial charge in [0.1, 0.15) is 23.0 Å². The number of halogens is 4. The third-order valence-corrected chi connectivity index (χ3v) is 6.50. The maximum absolute atomic E-state index is 13.5. The van der Waals surface area contributed by atoms with Crippen molar-refractivity contribution in [3.05, 3.63) is 63.9 Å². The summed E-state index contributed by atoms with van der Waals surface area (Å²) in [4.78, 5) is 25.9. The quantitative estimate of drug-likeness (QED) is 0.151. The van der Waals surface area contributed by atoms with E-state index in [9.17, 15) is 27.5 Å². The molecule has 9 nitrogen and oxygen atoms in total. The molecule has 5 rings (SSSR count). The summed E-state index contributed by atoms with van der Waals surface area (Å²) in [6, 6.07) is 13.0. The highest BCUT2D eigenvalue weighted by atomic mass is 19.5. The van der Waals surface area contributed by atoms with Gasteiger partial charge in [0, 0.05) is 57.6 Å². The van der Waals surface area contributed by atoms with E-state index in [0.717, 1.165) is 43.2 Å². The second kappa shape index (κ2) is 11.1. The van der Waals surface area contributed by atoms with Gasteiger partial charge in [0.05, 0.1) is 36.0 Å². The van der Waals surface area contributed by atoms with Crippen molar-refractivity contribution in [2.45, 2.75) is 0 Å². The molecule has 0 unspecified atom stereocenters. The van der Waals surface area contributed by atoms with Gasteiger partial charge in [-0.2, -0.15) is 0 Å². The standard InChI is InChI=1S/C25H25N6O3.BF4/c1-29-19-15-20(30-8-10-31(11-9-30)23-6-4-5-7-27-23)18(28-26)14-17(19)25(32)24-21(29)12-16(33-2)13-22(24)34-3;2-1(3,4)5/h4-7,12-15H,8-11H2,1-3H3;/q+1;-1. The Morgan fingerprint density at radius 2 is 1.62 bits per heavy atom. The molecule has 0 saturated carbocycles. The number of aryl methyl sites for hydroxylation is 1. The van der Waals surface area contributed by atoms with Crippen LogP contribution in [0.4, 0.5) is 34.5 Å². The first-order valence-electron chi connectivity index (χ1n) is 11.9. The van der Waals surface area contributed by atoms with Gasteiger partial charge in [0.2, 0.25) is 10.8 Å². The topological polar surface area (TPSA) is 88.0 Å². The van der Waals surface area contributed by atoms with Gasteiger partial charge in [0.25, 0.3) is 0 Å². The fourth-order valence-electron chi connectivity index (χ4n) is 4.69. The van der Waals surface area contributed by atoms with Crippen molar-refractivity contribution in [1.29, 1.82) is 5.39 Å². The first-order valence-corrected chi connectivity index (χ1v) is 11.9. The summed E-state index contributed by atoms with van der Waals surface area (Å²) in [7, 11) is -0.987. The predicted octanol–water partition coefficient (Wildman–Crippen LogP) is 5.22. The molecule has 0 atom stereocenters. The van der Waals surface area contributed by atoms with Crippen LogP contribution in [0.1, 0.15) is 0 Å². The van der Waals surface area contributed by atoms with Crippen molar-refractivity contribution in [1.82, 2.24) is 9.55 Å². The first kappa shape index (κ1) is 27.5. The fourth-order valence-corrected chi connectivity index (χ4v) is 4.69. The molecule has 0 N–H and O–H groups in total. The summed E-state index contributed by atoms with van der Waals surface area (Å²) >= 11 is 0. The Morgan fingerprint density at radius 3 is 2.18 bits per heavy atom. The Morgan fingerprint density at radius 1 is 0.949 bits per heavy atom. The number of ether oxygens (including phenoxy) is 2. The molecule has 1 aliphatic heterocycles. The number of hydrogen-bond donors (Lipinski definition) is 0. The maximum Gasteiger partial charge on any atom is 0.673 e. The van der Waals surface area contributed by atoms with Crippen LogP contribution in [0.3, 0.4) is 0 Å². The molecule has 3 heterocycles. The minimum atomic E-state index is -6.00. The molecule has 0 bridgehead atoms. The van der Waals surface area contributed by atoms with E-state index in [4.69, 9.17) is 9.47 Å². The number of hydrogen-bond acceptors (Lipinski definition) is 7. The van der Waals surface area contributed by atoms with Crippen LogP contribution in [0.15, 0.2) is 53.5 Å². The van der Waals surface area contributed by atoms with Gasteiger partial charge in [-0.05, 0) is 18.2 Å². The molecule has 1 fully saturated rings. The van der Waals surface area contributed by atoms with Gasteiger partial charge in [-0.15, -0.1) is 0 Å². The van der Waals surface area contributed by atoms with E-state index < -0.39 is 7.25 Å². The molecule has 0 radical (unpaired) electrons. The minimum absolute atomic E-state index is 0.181. The first-order chi connectivity index (χ1) is 18.5. The number of aromatic nitrogens is 2. The molecule has 0 aliphatic carbocycles. The number of benzene rings is 2. The van der Waals surface area contributed by atoms with Crippen LogP contribution < -0.4 is 24.7 Å². The van der Waals surface area contributed by atoms with Crippen LogP contribution in [0.25, 0.3) is 26.8 Å². The maximum atomic E-state index is 13.5. The van der Waals surface area contributed by atoms with Crippen molar-refractivity contribution in [2.75, 3.05) is 50.2 Å². The van der Waals surface area contributed by atoms with E-state index in [-0.39, 0.29) is 5.43 Å². The van der Waals surface area contributed by atoms with E-state index in [1.807, 2.05) is 41.9 Å². The molecule has 14 heteroatoms. The molecule has 0 spiro atoms. The Kier molecular flexibility index (Phi) is 7.80. The highest BCUT2D eigenvalue weighted by Crippen LogP contribution is 2.36. The van der Waals surface area contributed by atoms with Gasteiger partial charge in [-0.25, -0.2) is 4.98 Å². The van der Waals surface area contributed by atoms with Crippen LogP contribution in [0, 0.1) is 5.39 Å². The SMILES string of the molecule is COc1cc(OC)c2c(=O)c3cc([N+]#N)c(N4CCN(c5ccccn5)CC4)cc3n(C)c2c1.F[B-](F)(F)F. The molecular formula is C25H25BF4N6O3. The van der Waals surface area contributed by atoms with Gasteiger partial charge >= 0.3 is 12.9 Å². The number of methoxy groups -OCH3 is 2. The van der Waals surface area contributed by atoms with Gasteiger partial charge in [-0.1, -0.05) is 6.07 Å². The molecule has 1 saturated heterocycles. The van der Waals surface area contributed by atoms with Crippen LogP contribution in [-0.4, -0.2) is 57.2 Å². The smallest absolute Gasteiger partial charge is 0.497 e. The summed E-state index contributed by atoms with van der Waals surface area (Å²) in [5, 5.41) is 10.7. The second-order valence-corrected chi connectivity index (χ2v) is 8.73. The second-order valence-electron chi connectivity index (χ2n) is 8.73.